The monoisotopic (exact) mass is 431 g/mol. The molecule has 0 spiro atoms. The quantitative estimate of drug-likeness (QED) is 0.481. The summed E-state index contributed by atoms with van der Waals surface area (Å²) < 4.78 is 44.8. The van der Waals surface area contributed by atoms with Crippen molar-refractivity contribution in [3.63, 3.8) is 0 Å². The Bertz CT molecular complexity index is 1380. The number of aryl methyl sites for hydroxylation is 2. The second-order valence-corrected chi connectivity index (χ2v) is 8.94. The number of hydrogen-bond donors (Lipinski definition) is 1. The highest BCUT2D eigenvalue weighted by molar-refractivity contribution is 7.92. The van der Waals surface area contributed by atoms with E-state index in [2.05, 4.69) is 20.4 Å². The minimum Gasteiger partial charge on any atom is -0.443 e. The number of carbonyl (C=O) groups excluding carboxylic acids is 1. The van der Waals surface area contributed by atoms with Crippen LogP contribution in [0.2, 0.25) is 0 Å². The van der Waals surface area contributed by atoms with Crippen molar-refractivity contribution in [2.75, 3.05) is 5.75 Å². The average Bonchev–Trinajstić information content (AvgIpc) is 3.22. The molecule has 4 aromatic rings. The molecule has 9 nitrogen and oxygen atoms in total. The van der Waals surface area contributed by atoms with E-state index in [1.165, 1.54) is 10.8 Å². The predicted octanol–water partition coefficient (Wildman–Crippen LogP) is 2.28. The molecular weight excluding hydrogens is 413 g/mol. The summed E-state index contributed by atoms with van der Waals surface area (Å²) in [7, 11) is -3.91. The Morgan fingerprint density at radius 3 is 2.67 bits per heavy atom. The van der Waals surface area contributed by atoms with E-state index in [-0.39, 0.29) is 4.90 Å². The van der Waals surface area contributed by atoms with E-state index in [0.717, 1.165) is 41.0 Å². The fourth-order valence-electron chi connectivity index (χ4n) is 3.09. The van der Waals surface area contributed by atoms with Gasteiger partial charge in [-0.05, 0) is 45.0 Å². The summed E-state index contributed by atoms with van der Waals surface area (Å²) >= 11 is 0. The molecule has 0 fully saturated rings. The second kappa shape index (κ2) is 7.17. The standard InChI is InChI=1S/C19H18FN5O4S/c1-10-12(3)29-19-16(10)18-23-17(24-25(18)9-21-19)11(2)22-15(26)8-30(27,28)14-6-4-13(20)5-7-14/h4-7,9,11H,8H2,1-3H3,(H,22,26)/t11-/m0/s1. The Morgan fingerprint density at radius 1 is 1.27 bits per heavy atom. The topological polar surface area (TPSA) is 119 Å². The number of fused-ring (bicyclic) bond motifs is 3. The molecule has 3 aromatic heterocycles. The maximum Gasteiger partial charge on any atom is 0.236 e. The number of halogens is 1. The molecule has 156 valence electrons. The summed E-state index contributed by atoms with van der Waals surface area (Å²) in [6.45, 7) is 5.37. The largest absolute Gasteiger partial charge is 0.443 e. The third-order valence-electron chi connectivity index (χ3n) is 4.78. The summed E-state index contributed by atoms with van der Waals surface area (Å²) in [5.74, 6) is -1.03. The fourth-order valence-corrected chi connectivity index (χ4v) is 4.24. The maximum atomic E-state index is 13.0. The maximum absolute atomic E-state index is 13.0. The molecule has 1 N–H and O–H groups in total. The summed E-state index contributed by atoms with van der Waals surface area (Å²) in [6, 6.07) is 3.66. The number of hydrogen-bond acceptors (Lipinski definition) is 7. The van der Waals surface area contributed by atoms with Crippen LogP contribution in [0.25, 0.3) is 16.7 Å². The van der Waals surface area contributed by atoms with Gasteiger partial charge >= 0.3 is 0 Å². The van der Waals surface area contributed by atoms with Crippen molar-refractivity contribution in [1.29, 1.82) is 0 Å². The lowest BCUT2D eigenvalue weighted by Crippen LogP contribution is -2.33. The van der Waals surface area contributed by atoms with Crippen LogP contribution in [-0.4, -0.2) is 39.7 Å². The first kappa shape index (κ1) is 20.0. The summed E-state index contributed by atoms with van der Waals surface area (Å²) in [6.07, 6.45) is 1.46. The van der Waals surface area contributed by atoms with Crippen LogP contribution in [0.5, 0.6) is 0 Å². The van der Waals surface area contributed by atoms with Gasteiger partial charge in [0.25, 0.3) is 0 Å². The Hall–Kier alpha value is -3.34. The van der Waals surface area contributed by atoms with Crippen molar-refractivity contribution in [3.05, 3.63) is 53.6 Å². The minimum absolute atomic E-state index is 0.128. The second-order valence-electron chi connectivity index (χ2n) is 6.95. The van der Waals surface area contributed by atoms with Gasteiger partial charge in [-0.1, -0.05) is 0 Å². The molecule has 0 saturated carbocycles. The molecule has 1 amide bonds. The van der Waals surface area contributed by atoms with E-state index in [1.807, 2.05) is 13.8 Å². The van der Waals surface area contributed by atoms with Crippen molar-refractivity contribution in [1.82, 2.24) is 24.9 Å². The van der Waals surface area contributed by atoms with Crippen LogP contribution < -0.4 is 5.32 Å². The van der Waals surface area contributed by atoms with Crippen LogP contribution in [0.15, 0.2) is 39.9 Å². The van der Waals surface area contributed by atoms with E-state index >= 15 is 0 Å². The van der Waals surface area contributed by atoms with Gasteiger partial charge in [0, 0.05) is 5.56 Å². The molecule has 0 unspecified atom stereocenters. The van der Waals surface area contributed by atoms with Gasteiger partial charge < -0.3 is 9.73 Å². The first-order chi connectivity index (χ1) is 14.2. The zero-order valence-electron chi connectivity index (χ0n) is 16.4. The third-order valence-corrected chi connectivity index (χ3v) is 6.41. The highest BCUT2D eigenvalue weighted by Crippen LogP contribution is 2.26. The Labute approximate surface area is 170 Å². The van der Waals surface area contributed by atoms with Crippen LogP contribution in [0.3, 0.4) is 0 Å². The van der Waals surface area contributed by atoms with Gasteiger partial charge in [0.1, 0.15) is 23.7 Å². The van der Waals surface area contributed by atoms with Crippen LogP contribution in [0.1, 0.15) is 30.1 Å². The predicted molar refractivity (Wildman–Crippen MR) is 105 cm³/mol. The molecule has 30 heavy (non-hydrogen) atoms. The van der Waals surface area contributed by atoms with Gasteiger partial charge in [-0.25, -0.2) is 27.3 Å². The van der Waals surface area contributed by atoms with E-state index < -0.39 is 33.4 Å². The molecule has 0 saturated heterocycles. The fraction of sp³-hybridized carbons (Fsp3) is 0.263. The van der Waals surface area contributed by atoms with Gasteiger partial charge in [-0.3, -0.25) is 4.79 Å². The van der Waals surface area contributed by atoms with Crippen LogP contribution in [0, 0.1) is 19.7 Å². The highest BCUT2D eigenvalue weighted by Gasteiger charge is 2.23. The number of sulfone groups is 1. The van der Waals surface area contributed by atoms with Gasteiger partial charge in [-0.2, -0.15) is 0 Å². The molecule has 1 atom stereocenters. The Morgan fingerprint density at radius 2 is 1.97 bits per heavy atom. The summed E-state index contributed by atoms with van der Waals surface area (Å²) in [5, 5.41) is 7.64. The normalized spacial score (nSPS) is 13.1. The van der Waals surface area contributed by atoms with Crippen LogP contribution in [-0.2, 0) is 14.6 Å². The SMILES string of the molecule is Cc1oc2ncn3nc([C@H](C)NC(=O)CS(=O)(=O)c4ccc(F)cc4)nc3c2c1C. The molecule has 0 aliphatic heterocycles. The zero-order chi connectivity index (χ0) is 21.6. The lowest BCUT2D eigenvalue weighted by molar-refractivity contribution is -0.119. The number of aromatic nitrogens is 4. The highest BCUT2D eigenvalue weighted by atomic mass is 32.2. The number of nitrogens with one attached hydrogen (secondary N) is 1. The number of nitrogens with zero attached hydrogens (tertiary/aromatic N) is 4. The van der Waals surface area contributed by atoms with E-state index in [0.29, 0.717) is 17.2 Å². The smallest absolute Gasteiger partial charge is 0.236 e. The van der Waals surface area contributed by atoms with Crippen LogP contribution >= 0.6 is 0 Å². The molecule has 11 heteroatoms. The Kier molecular flexibility index (Phi) is 4.77. The number of benzene rings is 1. The Balaban J connectivity index is 1.55. The van der Waals surface area contributed by atoms with Crippen LogP contribution in [0.4, 0.5) is 4.39 Å². The van der Waals surface area contributed by atoms with Crippen molar-refractivity contribution in [2.24, 2.45) is 0 Å². The van der Waals surface area contributed by atoms with E-state index in [4.69, 9.17) is 4.42 Å². The van der Waals surface area contributed by atoms with Gasteiger partial charge in [0.15, 0.2) is 21.3 Å². The van der Waals surface area contributed by atoms with E-state index in [1.54, 1.807) is 6.92 Å². The molecular formula is C19H18FN5O4S. The van der Waals surface area contributed by atoms with Gasteiger partial charge in [0.05, 0.1) is 16.3 Å². The molecule has 0 aliphatic rings. The molecule has 0 bridgehead atoms. The molecule has 1 aromatic carbocycles. The lowest BCUT2D eigenvalue weighted by atomic mass is 10.2. The average molecular weight is 431 g/mol. The summed E-state index contributed by atoms with van der Waals surface area (Å²) in [5.41, 5.74) is 1.87. The first-order valence-corrected chi connectivity index (χ1v) is 10.7. The zero-order valence-corrected chi connectivity index (χ0v) is 17.2. The lowest BCUT2D eigenvalue weighted by Gasteiger charge is -2.10. The van der Waals surface area contributed by atoms with Crippen molar-refractivity contribution >= 4 is 32.5 Å². The third kappa shape index (κ3) is 3.52. The summed E-state index contributed by atoms with van der Waals surface area (Å²) in [4.78, 5) is 20.9. The molecule has 0 radical (unpaired) electrons. The van der Waals surface area contributed by atoms with Crippen molar-refractivity contribution in [2.45, 2.75) is 31.7 Å². The number of rotatable bonds is 5. The van der Waals surface area contributed by atoms with E-state index in [9.17, 15) is 17.6 Å². The van der Waals surface area contributed by atoms with Crippen molar-refractivity contribution < 1.29 is 22.0 Å². The first-order valence-electron chi connectivity index (χ1n) is 9.04. The number of amides is 1. The van der Waals surface area contributed by atoms with Gasteiger partial charge in [-0.15, -0.1) is 5.10 Å². The number of furan rings is 1. The van der Waals surface area contributed by atoms with Crippen molar-refractivity contribution in [3.8, 4) is 0 Å². The molecule has 4 rings (SSSR count). The molecule has 0 aliphatic carbocycles. The van der Waals surface area contributed by atoms with Gasteiger partial charge in [0.2, 0.25) is 11.6 Å². The minimum atomic E-state index is -3.91. The number of carbonyl (C=O) groups is 1. The molecule has 3 heterocycles.